The van der Waals surface area contributed by atoms with Crippen LogP contribution in [0.3, 0.4) is 0 Å². The maximum Gasteiger partial charge on any atom is 0.574 e. The Morgan fingerprint density at radius 2 is 1.84 bits per heavy atom. The van der Waals surface area contributed by atoms with E-state index < -0.39 is 35.4 Å². The third-order valence-corrected chi connectivity index (χ3v) is 2.21. The van der Waals surface area contributed by atoms with Crippen LogP contribution in [-0.2, 0) is 12.1 Å². The molecule has 3 nitrogen and oxygen atoms in total. The molecule has 1 heterocycles. The number of halogens is 7. The first-order valence-corrected chi connectivity index (χ1v) is 4.99. The van der Waals surface area contributed by atoms with Crippen molar-refractivity contribution in [2.75, 3.05) is 0 Å². The Morgan fingerprint density at radius 3 is 2.21 bits per heavy atom. The molecule has 19 heavy (non-hydrogen) atoms. The van der Waals surface area contributed by atoms with Crippen molar-refractivity contribution in [2.24, 2.45) is 0 Å². The highest BCUT2D eigenvalue weighted by atomic mass is 35.5. The van der Waals surface area contributed by atoms with Crippen molar-refractivity contribution in [1.29, 1.82) is 0 Å². The first kappa shape index (κ1) is 15.5. The Bertz CT molecular complexity index is 485. The number of hydrogen-bond acceptors (Lipinski definition) is 3. The van der Waals surface area contributed by atoms with E-state index in [2.05, 4.69) is 9.72 Å². The Morgan fingerprint density at radius 1 is 1.26 bits per heavy atom. The van der Waals surface area contributed by atoms with E-state index in [-0.39, 0.29) is 11.8 Å². The molecule has 0 saturated carbocycles. The smallest absolute Gasteiger partial charge is 0.387 e. The van der Waals surface area contributed by atoms with Crippen LogP contribution < -0.4 is 4.74 Å². The number of carbonyl (C=O) groups is 1. The van der Waals surface area contributed by atoms with Gasteiger partial charge in [0, 0.05) is 17.6 Å². The second kappa shape index (κ2) is 5.24. The van der Waals surface area contributed by atoms with Crippen LogP contribution >= 0.6 is 11.6 Å². The fourth-order valence-corrected chi connectivity index (χ4v) is 1.46. The average Bonchev–Trinajstić information content (AvgIpc) is 2.24. The largest absolute Gasteiger partial charge is 0.574 e. The molecule has 106 valence electrons. The van der Waals surface area contributed by atoms with Crippen LogP contribution in [0.1, 0.15) is 21.5 Å². The Hall–Kier alpha value is -1.51. The van der Waals surface area contributed by atoms with Gasteiger partial charge < -0.3 is 4.74 Å². The highest BCUT2D eigenvalue weighted by molar-refractivity contribution is 6.17. The van der Waals surface area contributed by atoms with E-state index in [1.54, 1.807) is 0 Å². The molecule has 0 atom stereocenters. The number of rotatable bonds is 3. The third-order valence-electron chi connectivity index (χ3n) is 1.92. The quantitative estimate of drug-likeness (QED) is 0.487. The van der Waals surface area contributed by atoms with Crippen LogP contribution in [-0.4, -0.2) is 17.6 Å². The number of aldehydes is 1. The van der Waals surface area contributed by atoms with Gasteiger partial charge in [-0.2, -0.15) is 13.2 Å². The molecule has 0 bridgehead atoms. The topological polar surface area (TPSA) is 39.2 Å². The lowest BCUT2D eigenvalue weighted by atomic mass is 10.1. The number of pyridine rings is 1. The van der Waals surface area contributed by atoms with E-state index in [1.807, 2.05) is 0 Å². The maximum atomic E-state index is 12.7. The minimum atomic E-state index is -5.37. The van der Waals surface area contributed by atoms with Crippen molar-refractivity contribution in [3.8, 4) is 5.88 Å². The first-order valence-electron chi connectivity index (χ1n) is 4.46. The fraction of sp³-hybridized carbons (Fsp3) is 0.333. The second-order valence-corrected chi connectivity index (χ2v) is 3.44. The molecule has 0 aliphatic heterocycles. The van der Waals surface area contributed by atoms with Crippen molar-refractivity contribution in [3.63, 3.8) is 0 Å². The van der Waals surface area contributed by atoms with Crippen LogP contribution in [0.4, 0.5) is 26.3 Å². The van der Waals surface area contributed by atoms with Gasteiger partial charge in [0.25, 0.3) is 0 Å². The van der Waals surface area contributed by atoms with Gasteiger partial charge in [-0.1, -0.05) is 0 Å². The van der Waals surface area contributed by atoms with Gasteiger partial charge in [-0.25, -0.2) is 4.98 Å². The molecule has 10 heteroatoms. The van der Waals surface area contributed by atoms with Crippen molar-refractivity contribution in [2.45, 2.75) is 18.4 Å². The summed E-state index contributed by atoms with van der Waals surface area (Å²) in [5, 5.41) is 0. The third kappa shape index (κ3) is 3.72. The van der Waals surface area contributed by atoms with E-state index in [0.29, 0.717) is 6.20 Å². The highest BCUT2D eigenvalue weighted by Crippen LogP contribution is 2.40. The Balaban J connectivity index is 3.52. The number of carbonyl (C=O) groups excluding carboxylic acids is 1. The van der Waals surface area contributed by atoms with Crippen molar-refractivity contribution in [1.82, 2.24) is 4.98 Å². The molecule has 0 N–H and O–H groups in total. The van der Waals surface area contributed by atoms with Gasteiger partial charge in [-0.3, -0.25) is 4.79 Å². The normalized spacial score (nSPS) is 12.4. The van der Waals surface area contributed by atoms with E-state index in [4.69, 9.17) is 11.6 Å². The van der Waals surface area contributed by atoms with Crippen LogP contribution in [0.2, 0.25) is 0 Å². The molecule has 0 aliphatic rings. The lowest BCUT2D eigenvalue weighted by Crippen LogP contribution is -2.22. The zero-order chi connectivity index (χ0) is 14.8. The highest BCUT2D eigenvalue weighted by Gasteiger charge is 2.43. The molecule has 1 aromatic heterocycles. The van der Waals surface area contributed by atoms with Gasteiger partial charge in [0.05, 0.1) is 0 Å². The fourth-order valence-electron chi connectivity index (χ4n) is 1.25. The number of ether oxygens (including phenoxy) is 1. The summed E-state index contributed by atoms with van der Waals surface area (Å²) in [7, 11) is 0. The zero-order valence-corrected chi connectivity index (χ0v) is 9.53. The molecule has 0 unspecified atom stereocenters. The van der Waals surface area contributed by atoms with Gasteiger partial charge >= 0.3 is 12.5 Å². The molecule has 0 spiro atoms. The standard InChI is InChI=1S/C9H4ClF6NO2/c10-1-4-2-17-7(19-9(14,15)16)6(5(4)3-18)8(11,12)13/h2-3H,1H2. The maximum absolute atomic E-state index is 12.7. The van der Waals surface area contributed by atoms with Crippen molar-refractivity contribution in [3.05, 3.63) is 22.9 Å². The molecule has 1 rings (SSSR count). The summed E-state index contributed by atoms with van der Waals surface area (Å²) in [6, 6.07) is 0. The molecular weight excluding hydrogens is 304 g/mol. The number of nitrogens with zero attached hydrogens (tertiary/aromatic N) is 1. The molecule has 0 radical (unpaired) electrons. The summed E-state index contributed by atoms with van der Waals surface area (Å²) in [4.78, 5) is 13.6. The lowest BCUT2D eigenvalue weighted by Gasteiger charge is -2.17. The number of alkyl halides is 7. The van der Waals surface area contributed by atoms with Gasteiger partial charge in [0.15, 0.2) is 6.29 Å². The molecule has 0 amide bonds. The predicted molar refractivity (Wildman–Crippen MR) is 50.9 cm³/mol. The summed E-state index contributed by atoms with van der Waals surface area (Å²) in [5.74, 6) is -2.26. The summed E-state index contributed by atoms with van der Waals surface area (Å²) in [5.41, 5.74) is -3.28. The van der Waals surface area contributed by atoms with Gasteiger partial charge in [-0.15, -0.1) is 24.8 Å². The molecule has 1 aromatic rings. The van der Waals surface area contributed by atoms with Crippen molar-refractivity contribution < 1.29 is 35.9 Å². The number of aromatic nitrogens is 1. The zero-order valence-electron chi connectivity index (χ0n) is 8.77. The van der Waals surface area contributed by atoms with Gasteiger partial charge in [0.1, 0.15) is 5.56 Å². The van der Waals surface area contributed by atoms with Gasteiger partial charge in [0.2, 0.25) is 5.88 Å². The van der Waals surface area contributed by atoms with E-state index in [0.717, 1.165) is 0 Å². The van der Waals surface area contributed by atoms with E-state index in [1.165, 1.54) is 0 Å². The monoisotopic (exact) mass is 307 g/mol. The molecule has 0 fully saturated rings. The first-order chi connectivity index (χ1) is 8.60. The molecule has 0 saturated heterocycles. The molecular formula is C9H4ClF6NO2. The van der Waals surface area contributed by atoms with Crippen LogP contribution in [0.5, 0.6) is 5.88 Å². The van der Waals surface area contributed by atoms with Crippen LogP contribution in [0.15, 0.2) is 6.20 Å². The summed E-state index contributed by atoms with van der Waals surface area (Å²) in [6.07, 6.45) is -10.2. The van der Waals surface area contributed by atoms with E-state index in [9.17, 15) is 31.1 Å². The van der Waals surface area contributed by atoms with E-state index >= 15 is 0 Å². The van der Waals surface area contributed by atoms with Crippen molar-refractivity contribution >= 4 is 17.9 Å². The minimum absolute atomic E-state index is 0.245. The van der Waals surface area contributed by atoms with Crippen LogP contribution in [0.25, 0.3) is 0 Å². The minimum Gasteiger partial charge on any atom is -0.387 e. The molecule has 0 aliphatic carbocycles. The summed E-state index contributed by atoms with van der Waals surface area (Å²) in [6.45, 7) is 0. The summed E-state index contributed by atoms with van der Waals surface area (Å²) >= 11 is 5.29. The second-order valence-electron chi connectivity index (χ2n) is 3.17. The number of hydrogen-bond donors (Lipinski definition) is 0. The Kier molecular flexibility index (Phi) is 4.28. The SMILES string of the molecule is O=Cc1c(CCl)cnc(OC(F)(F)F)c1C(F)(F)F. The summed E-state index contributed by atoms with van der Waals surface area (Å²) < 4.78 is 77.2. The molecule has 0 aromatic carbocycles. The van der Waals surface area contributed by atoms with Crippen LogP contribution in [0, 0.1) is 0 Å². The Labute approximate surface area is 107 Å². The predicted octanol–water partition coefficient (Wildman–Crippen LogP) is 3.55. The average molecular weight is 308 g/mol. The lowest BCUT2D eigenvalue weighted by molar-refractivity contribution is -0.277. The van der Waals surface area contributed by atoms with Gasteiger partial charge in [-0.05, 0) is 5.56 Å².